The summed E-state index contributed by atoms with van der Waals surface area (Å²) < 4.78 is 0. The third-order valence-electron chi connectivity index (χ3n) is 4.57. The smallest absolute Gasteiger partial charge is 0.0327 e. The first-order valence-electron chi connectivity index (χ1n) is 9.59. The van der Waals surface area contributed by atoms with Gasteiger partial charge in [-0.25, -0.2) is 0 Å². The highest BCUT2D eigenvalue weighted by Crippen LogP contribution is 2.24. The summed E-state index contributed by atoms with van der Waals surface area (Å²) in [6.45, 7) is 9.38. The van der Waals surface area contributed by atoms with E-state index in [9.17, 15) is 0 Å². The summed E-state index contributed by atoms with van der Waals surface area (Å²) >= 11 is 0. The van der Waals surface area contributed by atoms with Gasteiger partial charge in [0.25, 0.3) is 0 Å². The molecule has 0 aliphatic heterocycles. The second-order valence-corrected chi connectivity index (χ2v) is 6.74. The molecule has 0 spiro atoms. The van der Waals surface area contributed by atoms with Crippen LogP contribution in [0.1, 0.15) is 111 Å². The topological polar surface area (TPSA) is 0 Å². The van der Waals surface area contributed by atoms with Crippen molar-refractivity contribution in [1.29, 1.82) is 0 Å². The molecule has 1 radical (unpaired) electrons. The van der Waals surface area contributed by atoms with E-state index >= 15 is 0 Å². The summed E-state index contributed by atoms with van der Waals surface area (Å²) in [6.07, 6.45) is 21.1. The molecule has 0 aliphatic carbocycles. The largest absolute Gasteiger partial charge is 0.0654 e. The molecule has 2 unspecified atom stereocenters. The third-order valence-corrected chi connectivity index (χ3v) is 4.57. The molecule has 0 saturated carbocycles. The second-order valence-electron chi connectivity index (χ2n) is 6.74. The molecule has 2 atom stereocenters. The van der Waals surface area contributed by atoms with Gasteiger partial charge in [-0.1, -0.05) is 111 Å². The predicted molar refractivity (Wildman–Crippen MR) is 94.0 cm³/mol. The average molecular weight is 282 g/mol. The Balaban J connectivity index is 3.51. The lowest BCUT2D eigenvalue weighted by molar-refractivity contribution is 0.422. The summed E-state index contributed by atoms with van der Waals surface area (Å²) in [5.41, 5.74) is 0. The van der Waals surface area contributed by atoms with Gasteiger partial charge in [-0.05, 0) is 18.3 Å². The van der Waals surface area contributed by atoms with Crippen molar-refractivity contribution in [2.75, 3.05) is 0 Å². The molecule has 0 heteroatoms. The van der Waals surface area contributed by atoms with Crippen LogP contribution in [-0.2, 0) is 0 Å². The molecule has 0 fully saturated rings. The van der Waals surface area contributed by atoms with Gasteiger partial charge in [0.1, 0.15) is 0 Å². The fourth-order valence-electron chi connectivity index (χ4n) is 3.08. The summed E-state index contributed by atoms with van der Waals surface area (Å²) in [7, 11) is 0. The fraction of sp³-hybridized carbons (Fsp3) is 0.950. The van der Waals surface area contributed by atoms with Crippen molar-refractivity contribution >= 4 is 0 Å². The number of rotatable bonds is 15. The van der Waals surface area contributed by atoms with Crippen molar-refractivity contribution in [3.63, 3.8) is 0 Å². The minimum atomic E-state index is 0.831. The Bertz CT molecular complexity index is 173. The van der Waals surface area contributed by atoms with E-state index in [0.717, 1.165) is 11.8 Å². The Hall–Kier alpha value is 0. The van der Waals surface area contributed by atoms with E-state index in [1.54, 1.807) is 0 Å². The Labute approximate surface area is 130 Å². The van der Waals surface area contributed by atoms with Gasteiger partial charge in [0.15, 0.2) is 0 Å². The van der Waals surface area contributed by atoms with Crippen molar-refractivity contribution in [3.05, 3.63) is 6.42 Å². The highest BCUT2D eigenvalue weighted by atomic mass is 14.2. The molecule has 20 heavy (non-hydrogen) atoms. The Morgan fingerprint density at radius 3 is 1.75 bits per heavy atom. The molecule has 0 aromatic rings. The summed E-state index contributed by atoms with van der Waals surface area (Å²) in [5.74, 6) is 1.71. The minimum absolute atomic E-state index is 0.831. The molecule has 0 aliphatic rings. The van der Waals surface area contributed by atoms with Crippen LogP contribution in [0.25, 0.3) is 0 Å². The predicted octanol–water partition coefficient (Wildman–Crippen LogP) is 7.57. The molecule has 0 saturated heterocycles. The van der Waals surface area contributed by atoms with E-state index < -0.39 is 0 Å². The van der Waals surface area contributed by atoms with Crippen molar-refractivity contribution in [2.45, 2.75) is 111 Å². The maximum atomic E-state index is 2.66. The molecule has 0 amide bonds. The lowest BCUT2D eigenvalue weighted by atomic mass is 9.87. The summed E-state index contributed by atoms with van der Waals surface area (Å²) in [6, 6.07) is 0. The normalized spacial score (nSPS) is 14.4. The first-order chi connectivity index (χ1) is 9.74. The number of unbranched alkanes of at least 4 members (excludes halogenated alkanes) is 8. The molecule has 121 valence electrons. The third kappa shape index (κ3) is 13.0. The van der Waals surface area contributed by atoms with Gasteiger partial charge in [-0.15, -0.1) is 0 Å². The zero-order chi connectivity index (χ0) is 15.1. The maximum absolute atomic E-state index is 2.66. The molecular weight excluding hydrogens is 240 g/mol. The highest BCUT2D eigenvalue weighted by Gasteiger charge is 2.11. The van der Waals surface area contributed by atoms with E-state index in [1.165, 1.54) is 83.5 Å². The maximum Gasteiger partial charge on any atom is -0.0327 e. The van der Waals surface area contributed by atoms with Crippen LogP contribution in [0.4, 0.5) is 0 Å². The average Bonchev–Trinajstić information content (AvgIpc) is 2.46. The van der Waals surface area contributed by atoms with Crippen LogP contribution in [0, 0.1) is 18.3 Å². The van der Waals surface area contributed by atoms with Crippen molar-refractivity contribution in [3.8, 4) is 0 Å². The lowest BCUT2D eigenvalue weighted by Crippen LogP contribution is -2.07. The lowest BCUT2D eigenvalue weighted by Gasteiger charge is -2.19. The monoisotopic (exact) mass is 281 g/mol. The van der Waals surface area contributed by atoms with E-state index in [0.29, 0.717) is 0 Å². The minimum Gasteiger partial charge on any atom is -0.0654 e. The zero-order valence-electron chi connectivity index (χ0n) is 14.9. The Morgan fingerprint density at radius 2 is 1.15 bits per heavy atom. The van der Waals surface area contributed by atoms with E-state index in [4.69, 9.17) is 0 Å². The van der Waals surface area contributed by atoms with Crippen LogP contribution < -0.4 is 0 Å². The fourth-order valence-corrected chi connectivity index (χ4v) is 3.08. The Morgan fingerprint density at radius 1 is 0.650 bits per heavy atom. The van der Waals surface area contributed by atoms with Crippen LogP contribution >= 0.6 is 0 Å². The highest BCUT2D eigenvalue weighted by molar-refractivity contribution is 4.80. The van der Waals surface area contributed by atoms with Crippen molar-refractivity contribution < 1.29 is 0 Å². The molecule has 0 nitrogen and oxygen atoms in total. The number of hydrogen-bond acceptors (Lipinski definition) is 0. The quantitative estimate of drug-likeness (QED) is 0.271. The van der Waals surface area contributed by atoms with Gasteiger partial charge in [0.2, 0.25) is 0 Å². The van der Waals surface area contributed by atoms with E-state index in [-0.39, 0.29) is 0 Å². The van der Waals surface area contributed by atoms with Crippen LogP contribution in [-0.4, -0.2) is 0 Å². The second kappa shape index (κ2) is 15.4. The van der Waals surface area contributed by atoms with Gasteiger partial charge in [-0.3, -0.25) is 0 Å². The van der Waals surface area contributed by atoms with E-state index in [1.807, 2.05) is 0 Å². The molecule has 0 aromatic heterocycles. The van der Waals surface area contributed by atoms with E-state index in [2.05, 4.69) is 34.1 Å². The van der Waals surface area contributed by atoms with Crippen molar-refractivity contribution in [2.24, 2.45) is 11.8 Å². The molecule has 0 bridgehead atoms. The standard InChI is InChI=1S/C20H41/c1-5-8-10-12-13-14-16-19(4)18-20(7-3)17-15-11-9-6-2/h18-20H,5-17H2,1-4H3. The van der Waals surface area contributed by atoms with Gasteiger partial charge in [0, 0.05) is 0 Å². The van der Waals surface area contributed by atoms with Crippen LogP contribution in [0.5, 0.6) is 0 Å². The zero-order valence-corrected chi connectivity index (χ0v) is 14.9. The Kier molecular flexibility index (Phi) is 15.4. The molecule has 0 rings (SSSR count). The first kappa shape index (κ1) is 20.0. The first-order valence-corrected chi connectivity index (χ1v) is 9.59. The summed E-state index contributed by atoms with van der Waals surface area (Å²) in [4.78, 5) is 0. The summed E-state index contributed by atoms with van der Waals surface area (Å²) in [5, 5.41) is 0. The number of hydrogen-bond donors (Lipinski definition) is 0. The molecule has 0 heterocycles. The SMILES string of the molecule is CCCCCCCCC(C)[CH]C(CC)CCCCCC. The molecule has 0 N–H and O–H groups in total. The van der Waals surface area contributed by atoms with Crippen LogP contribution in [0.15, 0.2) is 0 Å². The molecule has 0 aromatic carbocycles. The van der Waals surface area contributed by atoms with Crippen LogP contribution in [0.2, 0.25) is 0 Å². The van der Waals surface area contributed by atoms with Gasteiger partial charge >= 0.3 is 0 Å². The molecular formula is C20H41. The van der Waals surface area contributed by atoms with Gasteiger partial charge in [0.05, 0.1) is 0 Å². The van der Waals surface area contributed by atoms with Crippen molar-refractivity contribution in [1.82, 2.24) is 0 Å². The van der Waals surface area contributed by atoms with Gasteiger partial charge in [-0.2, -0.15) is 0 Å². The van der Waals surface area contributed by atoms with Crippen LogP contribution in [0.3, 0.4) is 0 Å². The van der Waals surface area contributed by atoms with Gasteiger partial charge < -0.3 is 0 Å².